The average Bonchev–Trinajstić information content (AvgIpc) is 2.67. The first-order valence-electron chi connectivity index (χ1n) is 5.56. The molecule has 0 spiro atoms. The molecule has 2 saturated heterocycles. The van der Waals surface area contributed by atoms with Gasteiger partial charge in [0.15, 0.2) is 0 Å². The van der Waals surface area contributed by atoms with Crippen LogP contribution in [0.25, 0.3) is 0 Å². The van der Waals surface area contributed by atoms with Crippen molar-refractivity contribution in [2.45, 2.75) is 0 Å². The Kier molecular flexibility index (Phi) is 3.67. The zero-order valence-corrected chi connectivity index (χ0v) is 11.0. The average molecular weight is 226 g/mol. The monoisotopic (exact) mass is 226 g/mol. The second-order valence-corrected chi connectivity index (χ2v) is 5.83. The van der Waals surface area contributed by atoms with Gasteiger partial charge in [-0.1, -0.05) is 0 Å². The highest BCUT2D eigenvalue weighted by Gasteiger charge is 2.41. The lowest BCUT2D eigenvalue weighted by molar-refractivity contribution is 0.553. The maximum atomic E-state index is 2.44. The minimum absolute atomic E-state index is 0.540. The van der Waals surface area contributed by atoms with Crippen molar-refractivity contribution in [2.24, 2.45) is 0 Å². The summed E-state index contributed by atoms with van der Waals surface area (Å²) in [6.07, 6.45) is 1.08. The number of likely N-dealkylation sites (N-methyl/N-ethyl adjacent to an activating group) is 4. The van der Waals surface area contributed by atoms with E-state index in [1.807, 2.05) is 0 Å². The van der Waals surface area contributed by atoms with Crippen LogP contribution in [0, 0.1) is 0 Å². The predicted octanol–water partition coefficient (Wildman–Crippen LogP) is -0.556. The van der Waals surface area contributed by atoms with Gasteiger partial charge < -0.3 is 19.2 Å². The molecule has 0 N–H and O–H groups in total. The van der Waals surface area contributed by atoms with Gasteiger partial charge in [-0.2, -0.15) is 11.5 Å². The van der Waals surface area contributed by atoms with Crippen molar-refractivity contribution in [3.8, 4) is 0 Å². The van der Waals surface area contributed by atoms with E-state index in [1.165, 1.54) is 26.2 Å². The van der Waals surface area contributed by atoms with E-state index in [0.29, 0.717) is 12.5 Å². The molecule has 84 valence electrons. The molecule has 0 aromatic rings. The van der Waals surface area contributed by atoms with Crippen molar-refractivity contribution in [1.82, 2.24) is 19.2 Å². The number of rotatable bonds is 2. The molecule has 0 aliphatic carbocycles. The van der Waals surface area contributed by atoms with Crippen LogP contribution >= 0.6 is 11.5 Å². The summed E-state index contributed by atoms with van der Waals surface area (Å²) in [7, 11) is 8.87. The van der Waals surface area contributed by atoms with Gasteiger partial charge in [0, 0.05) is 26.2 Å². The van der Waals surface area contributed by atoms with Gasteiger partial charge in [-0.15, -0.1) is 0 Å². The van der Waals surface area contributed by atoms with Crippen LogP contribution in [0.3, 0.4) is 0 Å². The maximum Gasteiger partial charge on any atom is 0.373 e. The molecule has 0 atom stereocenters. The molecule has 7 heteroatoms. The fourth-order valence-corrected chi connectivity index (χ4v) is 3.74. The van der Waals surface area contributed by atoms with Crippen LogP contribution < -0.4 is 0 Å². The lowest BCUT2D eigenvalue weighted by Crippen LogP contribution is -2.46. The summed E-state index contributed by atoms with van der Waals surface area (Å²) in [6, 6.07) is 0. The van der Waals surface area contributed by atoms with E-state index >= 15 is 0 Å². The minimum atomic E-state index is 0.540. The van der Waals surface area contributed by atoms with Crippen molar-refractivity contribution in [3.05, 3.63) is 0 Å². The number of hydrogen-bond acceptors (Lipinski definition) is 5. The molecule has 0 amide bonds. The number of nitrogens with zero attached hydrogens (tertiary/aromatic N) is 4. The van der Waals surface area contributed by atoms with Crippen LogP contribution in [0.5, 0.6) is 0 Å². The van der Waals surface area contributed by atoms with E-state index in [1.54, 1.807) is 0 Å². The molecule has 2 rings (SSSR count). The first-order valence-corrected chi connectivity index (χ1v) is 6.50. The lowest BCUT2D eigenvalue weighted by atomic mass is 10.1. The topological polar surface area (TPSA) is 13.0 Å². The fourth-order valence-electron chi connectivity index (χ4n) is 2.27. The zero-order chi connectivity index (χ0) is 11.0. The molecule has 0 aromatic carbocycles. The van der Waals surface area contributed by atoms with Crippen LogP contribution in [0.15, 0.2) is 0 Å². The Morgan fingerprint density at radius 2 is 0.933 bits per heavy atom. The van der Waals surface area contributed by atoms with Gasteiger partial charge in [-0.3, -0.25) is 0 Å². The molecule has 0 aromatic heterocycles. The predicted molar refractivity (Wildman–Crippen MR) is 69.6 cm³/mol. The van der Waals surface area contributed by atoms with Gasteiger partial charge in [0.25, 0.3) is 0 Å². The molecule has 0 bridgehead atoms. The summed E-state index contributed by atoms with van der Waals surface area (Å²) in [4.78, 5) is 9.74. The van der Waals surface area contributed by atoms with E-state index in [4.69, 9.17) is 0 Å². The normalized spacial score (nSPS) is 27.2. The highest BCUT2D eigenvalue weighted by atomic mass is 32.2. The SMILES string of the molecule is CN1CCN(C)B1SB1N(C)CCN1C. The standard InChI is InChI=1S/C8H20B2N4S/c1-11-5-6-12(2)9(11)15-10-13(3)7-8-14(10)4/h5-8H2,1-4H3. The second kappa shape index (κ2) is 4.67. The van der Waals surface area contributed by atoms with Crippen LogP contribution in [-0.2, 0) is 0 Å². The van der Waals surface area contributed by atoms with Crippen molar-refractivity contribution in [3.63, 3.8) is 0 Å². The Hall–Kier alpha value is 0.320. The lowest BCUT2D eigenvalue weighted by Gasteiger charge is -2.26. The Bertz CT molecular complexity index is 191. The van der Waals surface area contributed by atoms with Crippen LogP contribution in [0.1, 0.15) is 0 Å². The maximum absolute atomic E-state index is 2.44. The van der Waals surface area contributed by atoms with Crippen molar-refractivity contribution in [1.29, 1.82) is 0 Å². The Morgan fingerprint density at radius 1 is 0.667 bits per heavy atom. The first kappa shape index (κ1) is 11.8. The summed E-state index contributed by atoms with van der Waals surface area (Å²) in [6.45, 7) is 4.76. The molecular formula is C8H20B2N4S. The van der Waals surface area contributed by atoms with Crippen molar-refractivity contribution in [2.75, 3.05) is 54.4 Å². The third-order valence-electron chi connectivity index (χ3n) is 3.36. The van der Waals surface area contributed by atoms with Gasteiger partial charge in [0.1, 0.15) is 0 Å². The second-order valence-electron chi connectivity index (χ2n) is 4.71. The van der Waals surface area contributed by atoms with Crippen molar-refractivity contribution < 1.29 is 0 Å². The quantitative estimate of drug-likeness (QED) is 0.584. The smallest absolute Gasteiger partial charge is 0.321 e. The van der Waals surface area contributed by atoms with Gasteiger partial charge in [-0.05, 0) is 28.2 Å². The van der Waals surface area contributed by atoms with E-state index in [-0.39, 0.29) is 0 Å². The van der Waals surface area contributed by atoms with Gasteiger partial charge >= 0.3 is 12.5 Å². The third-order valence-corrected chi connectivity index (χ3v) is 5.29. The molecule has 0 saturated carbocycles. The largest absolute Gasteiger partial charge is 0.373 e. The summed E-state index contributed by atoms with van der Waals surface area (Å²) >= 11 is 2.05. The highest BCUT2D eigenvalue weighted by molar-refractivity contribution is 8.44. The summed E-state index contributed by atoms with van der Waals surface area (Å²) in [5.74, 6) is 0. The summed E-state index contributed by atoms with van der Waals surface area (Å²) in [5, 5.41) is 0. The molecule has 2 aliphatic rings. The van der Waals surface area contributed by atoms with Gasteiger partial charge in [-0.25, -0.2) is 0 Å². The first-order chi connectivity index (χ1) is 7.09. The van der Waals surface area contributed by atoms with E-state index < -0.39 is 0 Å². The minimum Gasteiger partial charge on any atom is -0.321 e. The van der Waals surface area contributed by atoms with Gasteiger partial charge in [0.2, 0.25) is 0 Å². The van der Waals surface area contributed by atoms with Gasteiger partial charge in [0.05, 0.1) is 0 Å². The summed E-state index contributed by atoms with van der Waals surface area (Å²) < 4.78 is 0. The molecule has 2 aliphatic heterocycles. The highest BCUT2D eigenvalue weighted by Crippen LogP contribution is 2.25. The van der Waals surface area contributed by atoms with E-state index in [2.05, 4.69) is 58.9 Å². The van der Waals surface area contributed by atoms with Crippen LogP contribution in [-0.4, -0.2) is 86.1 Å². The molecule has 2 fully saturated rings. The molecule has 15 heavy (non-hydrogen) atoms. The fraction of sp³-hybridized carbons (Fsp3) is 1.00. The summed E-state index contributed by atoms with van der Waals surface area (Å²) in [5.41, 5.74) is 0. The molecule has 0 radical (unpaired) electrons. The zero-order valence-electron chi connectivity index (χ0n) is 10.2. The number of hydrogen-bond donors (Lipinski definition) is 0. The Labute approximate surface area is 98.0 Å². The molecule has 4 nitrogen and oxygen atoms in total. The van der Waals surface area contributed by atoms with Crippen LogP contribution in [0.4, 0.5) is 0 Å². The third kappa shape index (κ3) is 2.36. The van der Waals surface area contributed by atoms with Crippen LogP contribution in [0.2, 0.25) is 0 Å². The van der Waals surface area contributed by atoms with E-state index in [9.17, 15) is 0 Å². The molecule has 2 heterocycles. The van der Waals surface area contributed by atoms with Crippen molar-refractivity contribution >= 4 is 24.0 Å². The Balaban J connectivity index is 1.95. The van der Waals surface area contributed by atoms with E-state index in [0.717, 1.165) is 0 Å². The molecule has 0 unspecified atom stereocenters. The molecular weight excluding hydrogens is 206 g/mol. The Morgan fingerprint density at radius 3 is 1.20 bits per heavy atom.